The van der Waals surface area contributed by atoms with Gasteiger partial charge in [0.2, 0.25) is 0 Å². The third kappa shape index (κ3) is 4.99. The predicted octanol–water partition coefficient (Wildman–Crippen LogP) is 5.48. The Morgan fingerprint density at radius 2 is 1.97 bits per heavy atom. The number of benzene rings is 1. The smallest absolute Gasteiger partial charge is 0.326 e. The number of thiocarbonyl (C=S) groups is 1. The highest BCUT2D eigenvalue weighted by atomic mass is 32.2. The van der Waals surface area contributed by atoms with Crippen molar-refractivity contribution >= 4 is 58.0 Å². The van der Waals surface area contributed by atoms with Crippen molar-refractivity contribution in [1.29, 1.82) is 0 Å². The van der Waals surface area contributed by atoms with Crippen molar-refractivity contribution in [3.8, 4) is 11.3 Å². The highest BCUT2D eigenvalue weighted by Gasteiger charge is 2.40. The van der Waals surface area contributed by atoms with Gasteiger partial charge < -0.3 is 9.52 Å². The number of hydrogen-bond acceptors (Lipinski definition) is 6. The summed E-state index contributed by atoms with van der Waals surface area (Å²) >= 11 is 7.94. The van der Waals surface area contributed by atoms with Crippen LogP contribution in [0.15, 0.2) is 45.7 Å². The van der Waals surface area contributed by atoms with Gasteiger partial charge in [0, 0.05) is 11.6 Å². The van der Waals surface area contributed by atoms with E-state index >= 15 is 0 Å². The van der Waals surface area contributed by atoms with E-state index in [9.17, 15) is 14.7 Å². The number of rotatable bonds is 8. The van der Waals surface area contributed by atoms with Crippen LogP contribution >= 0.6 is 35.7 Å². The lowest BCUT2D eigenvalue weighted by Crippen LogP contribution is -2.44. The lowest BCUT2D eigenvalue weighted by atomic mass is 10.0. The minimum atomic E-state index is -1.05. The summed E-state index contributed by atoms with van der Waals surface area (Å²) in [6.45, 7) is 4.29. The third-order valence-electron chi connectivity index (χ3n) is 4.78. The molecule has 1 unspecified atom stereocenters. The number of nitrogens with zero attached hydrogens (tertiary/aromatic N) is 1. The molecule has 5 nitrogen and oxygen atoms in total. The second-order valence-electron chi connectivity index (χ2n) is 7.17. The molecule has 1 aromatic carbocycles. The minimum Gasteiger partial charge on any atom is -0.480 e. The molecule has 1 amide bonds. The molecular formula is C22H23NO4S3. The lowest BCUT2D eigenvalue weighted by Gasteiger charge is -2.22. The maximum absolute atomic E-state index is 12.8. The molecular weight excluding hydrogens is 438 g/mol. The van der Waals surface area contributed by atoms with Gasteiger partial charge in [-0.05, 0) is 42.0 Å². The van der Waals surface area contributed by atoms with E-state index in [4.69, 9.17) is 16.6 Å². The molecule has 158 valence electrons. The molecule has 1 N–H and O–H groups in total. The molecule has 1 aliphatic heterocycles. The van der Waals surface area contributed by atoms with Gasteiger partial charge in [-0.1, -0.05) is 62.1 Å². The van der Waals surface area contributed by atoms with Crippen LogP contribution in [-0.2, 0) is 9.59 Å². The highest BCUT2D eigenvalue weighted by Crippen LogP contribution is 2.35. The molecule has 0 spiro atoms. The van der Waals surface area contributed by atoms with E-state index in [1.54, 1.807) is 12.1 Å². The Morgan fingerprint density at radius 3 is 2.57 bits per heavy atom. The molecule has 1 aromatic heterocycles. The molecule has 8 heteroatoms. The third-order valence-corrected chi connectivity index (χ3v) is 6.75. The monoisotopic (exact) mass is 461 g/mol. The van der Waals surface area contributed by atoms with Gasteiger partial charge in [0.05, 0.1) is 4.91 Å². The maximum atomic E-state index is 12.8. The first-order chi connectivity index (χ1) is 14.3. The van der Waals surface area contributed by atoms with Gasteiger partial charge in [0.1, 0.15) is 21.9 Å². The van der Waals surface area contributed by atoms with Crippen LogP contribution in [0.2, 0.25) is 0 Å². The van der Waals surface area contributed by atoms with Crippen molar-refractivity contribution in [2.75, 3.05) is 12.0 Å². The summed E-state index contributed by atoms with van der Waals surface area (Å²) in [5.74, 6) is 0.873. The predicted molar refractivity (Wildman–Crippen MR) is 128 cm³/mol. The summed E-state index contributed by atoms with van der Waals surface area (Å²) in [6.07, 6.45) is 3.86. The van der Waals surface area contributed by atoms with E-state index in [0.29, 0.717) is 34.5 Å². The van der Waals surface area contributed by atoms with Crippen LogP contribution in [0.25, 0.3) is 17.4 Å². The standard InChI is InChI=1S/C22H23NO4S3/c1-13(2)14-4-6-15(7-5-14)18-9-8-16(27-18)12-19-20(24)23(22(28)30-19)17(21(25)26)10-11-29-3/h4-9,12-13,17H,10-11H2,1-3H3,(H,25,26)/b19-12-. The van der Waals surface area contributed by atoms with E-state index in [1.165, 1.54) is 22.2 Å². The van der Waals surface area contributed by atoms with Gasteiger partial charge in [-0.15, -0.1) is 0 Å². The largest absolute Gasteiger partial charge is 0.480 e. The van der Waals surface area contributed by atoms with Crippen LogP contribution in [0.3, 0.4) is 0 Å². The van der Waals surface area contributed by atoms with E-state index < -0.39 is 17.9 Å². The number of hydrogen-bond donors (Lipinski definition) is 1. The Morgan fingerprint density at radius 1 is 1.27 bits per heavy atom. The number of thioether (sulfide) groups is 2. The number of carboxylic acids is 1. The van der Waals surface area contributed by atoms with Gasteiger partial charge in [0.25, 0.3) is 5.91 Å². The fourth-order valence-electron chi connectivity index (χ4n) is 3.09. The molecule has 1 aliphatic rings. The number of carboxylic acid groups (broad SMARTS) is 1. The number of furan rings is 1. The van der Waals surface area contributed by atoms with Crippen molar-refractivity contribution in [1.82, 2.24) is 4.90 Å². The molecule has 2 heterocycles. The molecule has 0 saturated carbocycles. The fourth-order valence-corrected chi connectivity index (χ4v) is 4.88. The fraction of sp³-hybridized carbons (Fsp3) is 0.318. The number of aliphatic carboxylic acids is 1. The van der Waals surface area contributed by atoms with E-state index in [1.807, 2.05) is 24.5 Å². The van der Waals surface area contributed by atoms with Gasteiger partial charge in [-0.2, -0.15) is 11.8 Å². The zero-order chi connectivity index (χ0) is 21.8. The summed E-state index contributed by atoms with van der Waals surface area (Å²) in [4.78, 5) is 26.1. The maximum Gasteiger partial charge on any atom is 0.326 e. The van der Waals surface area contributed by atoms with Crippen molar-refractivity contribution in [2.24, 2.45) is 0 Å². The van der Waals surface area contributed by atoms with Gasteiger partial charge in [0.15, 0.2) is 0 Å². The Balaban J connectivity index is 1.80. The first-order valence-corrected chi connectivity index (χ1v) is 12.1. The van der Waals surface area contributed by atoms with Crippen molar-refractivity contribution in [3.63, 3.8) is 0 Å². The van der Waals surface area contributed by atoms with Crippen molar-refractivity contribution in [2.45, 2.75) is 32.2 Å². The Kier molecular flexibility index (Phi) is 7.44. The topological polar surface area (TPSA) is 70.8 Å². The molecule has 2 aromatic rings. The summed E-state index contributed by atoms with van der Waals surface area (Å²) in [5.41, 5.74) is 2.21. The van der Waals surface area contributed by atoms with Gasteiger partial charge >= 0.3 is 5.97 Å². The quantitative estimate of drug-likeness (QED) is 0.412. The molecule has 0 bridgehead atoms. The van der Waals surface area contributed by atoms with Crippen LogP contribution in [0, 0.1) is 0 Å². The van der Waals surface area contributed by atoms with Crippen molar-refractivity contribution < 1.29 is 19.1 Å². The molecule has 30 heavy (non-hydrogen) atoms. The average Bonchev–Trinajstić information content (AvgIpc) is 3.28. The average molecular weight is 462 g/mol. The lowest BCUT2D eigenvalue weighted by molar-refractivity contribution is -0.145. The first kappa shape index (κ1) is 22.7. The second-order valence-corrected chi connectivity index (χ2v) is 9.83. The van der Waals surface area contributed by atoms with Crippen molar-refractivity contribution in [3.05, 3.63) is 52.6 Å². The van der Waals surface area contributed by atoms with E-state index in [-0.39, 0.29) is 4.32 Å². The Labute approximate surface area is 189 Å². The summed E-state index contributed by atoms with van der Waals surface area (Å²) in [6, 6.07) is 10.9. The second kappa shape index (κ2) is 9.85. The van der Waals surface area contributed by atoms with Crippen LogP contribution in [0.4, 0.5) is 0 Å². The molecule has 0 aliphatic carbocycles. The van der Waals surface area contributed by atoms with Crippen LogP contribution in [0.1, 0.15) is 37.5 Å². The molecule has 1 saturated heterocycles. The van der Waals surface area contributed by atoms with Crippen LogP contribution < -0.4 is 0 Å². The van der Waals surface area contributed by atoms with E-state index in [0.717, 1.165) is 17.3 Å². The van der Waals surface area contributed by atoms with Crippen LogP contribution in [-0.4, -0.2) is 44.3 Å². The summed E-state index contributed by atoms with van der Waals surface area (Å²) < 4.78 is 6.16. The summed E-state index contributed by atoms with van der Waals surface area (Å²) in [7, 11) is 0. The van der Waals surface area contributed by atoms with Gasteiger partial charge in [-0.25, -0.2) is 4.79 Å². The number of carbonyl (C=O) groups excluding carboxylic acids is 1. The molecule has 0 radical (unpaired) electrons. The molecule has 1 fully saturated rings. The number of amides is 1. The van der Waals surface area contributed by atoms with E-state index in [2.05, 4.69) is 26.0 Å². The highest BCUT2D eigenvalue weighted by molar-refractivity contribution is 8.26. The SMILES string of the molecule is CSCCC(C(=O)O)N1C(=O)/C(=C/c2ccc(-c3ccc(C(C)C)cc3)o2)SC1=S. The zero-order valence-electron chi connectivity index (χ0n) is 17.0. The Hall–Kier alpha value is -2.03. The zero-order valence-corrected chi connectivity index (χ0v) is 19.4. The molecule has 1 atom stereocenters. The van der Waals surface area contributed by atoms with Gasteiger partial charge in [-0.3, -0.25) is 9.69 Å². The number of carbonyl (C=O) groups is 2. The first-order valence-electron chi connectivity index (χ1n) is 9.50. The van der Waals surface area contributed by atoms with Crippen LogP contribution in [0.5, 0.6) is 0 Å². The summed E-state index contributed by atoms with van der Waals surface area (Å²) in [5, 5.41) is 9.54. The molecule has 3 rings (SSSR count). The minimum absolute atomic E-state index is 0.260. The normalized spacial score (nSPS) is 16.7. The Bertz CT molecular complexity index is 979.